The lowest BCUT2D eigenvalue weighted by atomic mass is 9.89. The average Bonchev–Trinajstić information content (AvgIpc) is 2.95. The van der Waals surface area contributed by atoms with Gasteiger partial charge in [-0.05, 0) is 35.1 Å². The topological polar surface area (TPSA) is 0 Å². The third-order valence-electron chi connectivity index (χ3n) is 5.62. The smallest absolute Gasteiger partial charge is 0.00867 e. The van der Waals surface area contributed by atoms with Crippen LogP contribution in [0.2, 0.25) is 0 Å². The van der Waals surface area contributed by atoms with Crippen LogP contribution < -0.4 is 0 Å². The van der Waals surface area contributed by atoms with E-state index in [-0.39, 0.29) is 0 Å². The van der Waals surface area contributed by atoms with Crippen molar-refractivity contribution in [2.24, 2.45) is 0 Å². The van der Waals surface area contributed by atoms with Crippen molar-refractivity contribution in [3.05, 3.63) is 144 Å². The van der Waals surface area contributed by atoms with E-state index in [2.05, 4.69) is 135 Å². The van der Waals surface area contributed by atoms with Crippen LogP contribution in [0.3, 0.4) is 0 Å². The Bertz CT molecular complexity index is 782. The summed E-state index contributed by atoms with van der Waals surface area (Å²) in [5.74, 6) is 1.07. The molecule has 0 bridgehead atoms. The molecule has 0 radical (unpaired) electrons. The Morgan fingerprint density at radius 3 is 0.676 bits per heavy atom. The van der Waals surface area contributed by atoms with E-state index in [4.69, 9.17) is 0 Å². The first-order valence-electron chi connectivity index (χ1n) is 13.0. The third kappa shape index (κ3) is 9.40. The van der Waals surface area contributed by atoms with Crippen LogP contribution in [-0.2, 0) is 0 Å². The Morgan fingerprint density at radius 1 is 0.353 bits per heavy atom. The molecule has 34 heavy (non-hydrogen) atoms. The predicted molar refractivity (Wildman–Crippen MR) is 153 cm³/mol. The standard InChI is InChI=1S/2C15H16.2C2H6/c2*1-2-15(13-9-5-3-6-10-13)14-11-7-4-8-12-14;2*1-2/h2*3-12,15H,2H2,1H3;2*1-2H3. The summed E-state index contributed by atoms with van der Waals surface area (Å²) in [5.41, 5.74) is 5.63. The van der Waals surface area contributed by atoms with E-state index in [0.717, 1.165) is 12.8 Å². The van der Waals surface area contributed by atoms with Gasteiger partial charge in [-0.3, -0.25) is 0 Å². The van der Waals surface area contributed by atoms with Gasteiger partial charge in [-0.25, -0.2) is 0 Å². The van der Waals surface area contributed by atoms with Gasteiger partial charge in [0, 0.05) is 11.8 Å². The molecular formula is C34H44. The highest BCUT2D eigenvalue weighted by Crippen LogP contribution is 2.28. The van der Waals surface area contributed by atoms with Gasteiger partial charge in [0.2, 0.25) is 0 Å². The van der Waals surface area contributed by atoms with Gasteiger partial charge in [0.05, 0.1) is 0 Å². The predicted octanol–water partition coefficient (Wildman–Crippen LogP) is 10.5. The van der Waals surface area contributed by atoms with Crippen molar-refractivity contribution in [3.8, 4) is 0 Å². The second-order valence-electron chi connectivity index (χ2n) is 7.56. The third-order valence-corrected chi connectivity index (χ3v) is 5.62. The van der Waals surface area contributed by atoms with Gasteiger partial charge in [-0.15, -0.1) is 0 Å². The van der Waals surface area contributed by atoms with Crippen LogP contribution in [0.4, 0.5) is 0 Å². The lowest BCUT2D eigenvalue weighted by Crippen LogP contribution is -1.98. The molecule has 0 aliphatic heterocycles. The van der Waals surface area contributed by atoms with Gasteiger partial charge in [0.25, 0.3) is 0 Å². The largest absolute Gasteiger partial charge is 0.0683 e. The van der Waals surface area contributed by atoms with E-state index in [1.54, 1.807) is 0 Å². The zero-order chi connectivity index (χ0) is 25.0. The zero-order valence-electron chi connectivity index (χ0n) is 22.1. The lowest BCUT2D eigenvalue weighted by Gasteiger charge is -2.15. The Morgan fingerprint density at radius 2 is 0.529 bits per heavy atom. The Kier molecular flexibility index (Phi) is 15.6. The number of hydrogen-bond donors (Lipinski definition) is 0. The SMILES string of the molecule is CC.CC.CCC(c1ccccc1)c1ccccc1.CCC(c1ccccc1)c1ccccc1. The summed E-state index contributed by atoms with van der Waals surface area (Å²) in [6.45, 7) is 12.5. The molecule has 0 nitrogen and oxygen atoms in total. The number of rotatable bonds is 6. The molecule has 0 atom stereocenters. The summed E-state index contributed by atoms with van der Waals surface area (Å²) in [7, 11) is 0. The average molecular weight is 453 g/mol. The minimum atomic E-state index is 0.535. The maximum atomic E-state index is 2.24. The lowest BCUT2D eigenvalue weighted by molar-refractivity contribution is 0.777. The van der Waals surface area contributed by atoms with Crippen LogP contribution in [0.25, 0.3) is 0 Å². The molecule has 0 N–H and O–H groups in total. The highest BCUT2D eigenvalue weighted by Gasteiger charge is 2.11. The Labute approximate surface area is 209 Å². The van der Waals surface area contributed by atoms with Crippen LogP contribution in [0.5, 0.6) is 0 Å². The van der Waals surface area contributed by atoms with Gasteiger partial charge in [0.1, 0.15) is 0 Å². The van der Waals surface area contributed by atoms with Crippen molar-refractivity contribution in [3.63, 3.8) is 0 Å². The number of hydrogen-bond acceptors (Lipinski definition) is 0. The summed E-state index contributed by atoms with van der Waals surface area (Å²) < 4.78 is 0. The van der Waals surface area contributed by atoms with Gasteiger partial charge >= 0.3 is 0 Å². The van der Waals surface area contributed by atoms with E-state index in [1.165, 1.54) is 22.3 Å². The van der Waals surface area contributed by atoms with Crippen molar-refractivity contribution >= 4 is 0 Å². The molecule has 4 aromatic rings. The van der Waals surface area contributed by atoms with Crippen molar-refractivity contribution in [2.45, 2.75) is 66.2 Å². The van der Waals surface area contributed by atoms with Crippen LogP contribution in [-0.4, -0.2) is 0 Å². The molecular weight excluding hydrogens is 408 g/mol. The monoisotopic (exact) mass is 452 g/mol. The second kappa shape index (κ2) is 18.3. The molecule has 180 valence electrons. The van der Waals surface area contributed by atoms with Crippen LogP contribution in [0.1, 0.15) is 88.5 Å². The van der Waals surface area contributed by atoms with E-state index < -0.39 is 0 Å². The molecule has 0 fully saturated rings. The first kappa shape index (κ1) is 28.9. The van der Waals surface area contributed by atoms with Crippen LogP contribution in [0, 0.1) is 0 Å². The van der Waals surface area contributed by atoms with Crippen molar-refractivity contribution < 1.29 is 0 Å². The van der Waals surface area contributed by atoms with Gasteiger partial charge < -0.3 is 0 Å². The summed E-state index contributed by atoms with van der Waals surface area (Å²) in [6.07, 6.45) is 2.29. The molecule has 0 amide bonds. The van der Waals surface area contributed by atoms with Crippen LogP contribution in [0.15, 0.2) is 121 Å². The summed E-state index contributed by atoms with van der Waals surface area (Å²) >= 11 is 0. The normalized spacial score (nSPS) is 9.65. The minimum Gasteiger partial charge on any atom is -0.0683 e. The highest BCUT2D eigenvalue weighted by atomic mass is 14.1. The quantitative estimate of drug-likeness (QED) is 0.273. The summed E-state index contributed by atoms with van der Waals surface area (Å²) in [6, 6.07) is 42.9. The first-order chi connectivity index (χ1) is 16.8. The van der Waals surface area contributed by atoms with Crippen LogP contribution >= 0.6 is 0 Å². The van der Waals surface area contributed by atoms with Crippen molar-refractivity contribution in [1.29, 1.82) is 0 Å². The van der Waals surface area contributed by atoms with E-state index >= 15 is 0 Å². The Hall–Kier alpha value is -3.12. The number of benzene rings is 4. The molecule has 0 saturated heterocycles. The summed E-state index contributed by atoms with van der Waals surface area (Å²) in [4.78, 5) is 0. The van der Waals surface area contributed by atoms with Gasteiger partial charge in [-0.1, -0.05) is 163 Å². The fourth-order valence-electron chi connectivity index (χ4n) is 4.07. The Balaban J connectivity index is 0.000000297. The molecule has 0 aromatic heterocycles. The molecule has 0 aliphatic carbocycles. The molecule has 0 spiro atoms. The van der Waals surface area contributed by atoms with Crippen molar-refractivity contribution in [1.82, 2.24) is 0 Å². The molecule has 0 saturated carbocycles. The fraction of sp³-hybridized carbons (Fsp3) is 0.294. The zero-order valence-corrected chi connectivity index (χ0v) is 22.1. The molecule has 0 unspecified atom stereocenters. The minimum absolute atomic E-state index is 0.535. The molecule has 0 heterocycles. The van der Waals surface area contributed by atoms with E-state index in [1.807, 2.05) is 27.7 Å². The van der Waals surface area contributed by atoms with Crippen molar-refractivity contribution in [2.75, 3.05) is 0 Å². The molecule has 4 aromatic carbocycles. The fourth-order valence-corrected chi connectivity index (χ4v) is 4.07. The van der Waals surface area contributed by atoms with Gasteiger partial charge in [0.15, 0.2) is 0 Å². The van der Waals surface area contributed by atoms with E-state index in [9.17, 15) is 0 Å². The second-order valence-corrected chi connectivity index (χ2v) is 7.56. The highest BCUT2D eigenvalue weighted by molar-refractivity contribution is 5.33. The molecule has 4 rings (SSSR count). The molecule has 0 aliphatic rings. The maximum Gasteiger partial charge on any atom is 0.00867 e. The van der Waals surface area contributed by atoms with Gasteiger partial charge in [-0.2, -0.15) is 0 Å². The van der Waals surface area contributed by atoms with E-state index in [0.29, 0.717) is 11.8 Å². The molecule has 0 heteroatoms. The maximum absolute atomic E-state index is 2.24. The first-order valence-corrected chi connectivity index (χ1v) is 13.0. The summed E-state index contributed by atoms with van der Waals surface area (Å²) in [5, 5.41) is 0.